The highest BCUT2D eigenvalue weighted by atomic mass is 16.5. The Morgan fingerprint density at radius 1 is 1.05 bits per heavy atom. The largest absolute Gasteiger partial charge is 0.465 e. The number of carbonyl (C=O) groups excluding carboxylic acids is 3. The van der Waals surface area contributed by atoms with Crippen LogP contribution in [0.4, 0.5) is 17.1 Å². The highest BCUT2D eigenvalue weighted by Crippen LogP contribution is 2.51. The van der Waals surface area contributed by atoms with Crippen LogP contribution >= 0.6 is 0 Å². The summed E-state index contributed by atoms with van der Waals surface area (Å²) in [4.78, 5) is 42.9. The lowest BCUT2D eigenvalue weighted by Gasteiger charge is -2.28. The maximum atomic E-state index is 13.5. The Labute approximate surface area is 246 Å². The maximum Gasteiger partial charge on any atom is 0.337 e. The maximum absolute atomic E-state index is 13.5. The van der Waals surface area contributed by atoms with E-state index >= 15 is 0 Å². The van der Waals surface area contributed by atoms with Crippen molar-refractivity contribution in [1.82, 2.24) is 4.90 Å². The Bertz CT molecular complexity index is 1450. The van der Waals surface area contributed by atoms with Crippen LogP contribution in [0.3, 0.4) is 0 Å². The van der Waals surface area contributed by atoms with E-state index in [1.165, 1.54) is 26.4 Å². The molecule has 2 aliphatic carbocycles. The molecule has 3 fully saturated rings. The van der Waals surface area contributed by atoms with Crippen molar-refractivity contribution < 1.29 is 23.9 Å². The Hall–Kier alpha value is -3.69. The van der Waals surface area contributed by atoms with Gasteiger partial charge in [0.1, 0.15) is 0 Å². The van der Waals surface area contributed by atoms with Crippen LogP contribution in [0.2, 0.25) is 0 Å². The molecule has 0 bridgehead atoms. The van der Waals surface area contributed by atoms with Gasteiger partial charge < -0.3 is 25.0 Å². The molecule has 3 heterocycles. The lowest BCUT2D eigenvalue weighted by atomic mass is 9.92. The van der Waals surface area contributed by atoms with Crippen molar-refractivity contribution in [2.24, 2.45) is 17.8 Å². The number of anilines is 3. The van der Waals surface area contributed by atoms with E-state index in [4.69, 9.17) is 9.47 Å². The molecule has 7 rings (SSSR count). The summed E-state index contributed by atoms with van der Waals surface area (Å²) in [6, 6.07) is 11.5. The molecule has 3 aliphatic heterocycles. The van der Waals surface area contributed by atoms with Crippen molar-refractivity contribution in [3.63, 3.8) is 0 Å². The molecular weight excluding hydrogens is 532 g/mol. The third-order valence-electron chi connectivity index (χ3n) is 9.87. The van der Waals surface area contributed by atoms with E-state index < -0.39 is 5.97 Å². The lowest BCUT2D eigenvalue weighted by molar-refractivity contribution is -0.120. The molecule has 5 aliphatic rings. The second-order valence-corrected chi connectivity index (χ2v) is 12.3. The summed E-state index contributed by atoms with van der Waals surface area (Å²) in [6.45, 7) is 4.02. The van der Waals surface area contributed by atoms with Crippen molar-refractivity contribution in [2.75, 3.05) is 62.0 Å². The van der Waals surface area contributed by atoms with Gasteiger partial charge in [-0.15, -0.1) is 0 Å². The minimum Gasteiger partial charge on any atom is -0.465 e. The van der Waals surface area contributed by atoms with Crippen LogP contribution in [0.1, 0.15) is 53.6 Å². The number of esters is 1. The summed E-state index contributed by atoms with van der Waals surface area (Å²) in [5.74, 6) is 1.23. The lowest BCUT2D eigenvalue weighted by Crippen LogP contribution is -2.44. The summed E-state index contributed by atoms with van der Waals surface area (Å²) in [7, 11) is 1.36. The van der Waals surface area contributed by atoms with Crippen molar-refractivity contribution >= 4 is 40.4 Å². The molecule has 9 nitrogen and oxygen atoms in total. The standard InChI is InChI=1S/C33H38N4O5/c1-41-33(40)23-5-7-26-27(18-23)35-32(39)30(26)31(24-15-20-3-2-4-21(20)16-24)34-25-6-8-28-22(17-25)9-10-37(28)29(38)19-36-11-13-42-14-12-36/h5-8,17-18,20-21,24,34H,2-4,9-16,19H2,1H3,(H,35,39)/b31-30-. The van der Waals surface area contributed by atoms with Gasteiger partial charge in [-0.05, 0) is 67.0 Å². The molecule has 0 spiro atoms. The van der Waals surface area contributed by atoms with Crippen LogP contribution in [0.25, 0.3) is 5.57 Å². The number of nitrogens with one attached hydrogen (secondary N) is 2. The fourth-order valence-electron chi connectivity index (χ4n) is 7.78. The first-order valence-corrected chi connectivity index (χ1v) is 15.3. The quantitative estimate of drug-likeness (QED) is 0.395. The van der Waals surface area contributed by atoms with Crippen LogP contribution in [0.15, 0.2) is 42.1 Å². The first-order valence-electron chi connectivity index (χ1n) is 15.3. The summed E-state index contributed by atoms with van der Waals surface area (Å²) < 4.78 is 10.3. The molecule has 1 saturated heterocycles. The predicted octanol–water partition coefficient (Wildman–Crippen LogP) is 4.30. The van der Waals surface area contributed by atoms with Crippen molar-refractivity contribution in [3.8, 4) is 0 Å². The minimum absolute atomic E-state index is 0.127. The molecule has 42 heavy (non-hydrogen) atoms. The van der Waals surface area contributed by atoms with E-state index in [9.17, 15) is 14.4 Å². The SMILES string of the molecule is COC(=O)c1ccc2c(c1)NC(=O)/C2=C(\Nc1ccc2c(c1)CCN2C(=O)CN1CCOCC1)C1CC2CCCC2C1. The highest BCUT2D eigenvalue weighted by molar-refractivity contribution is 6.32. The number of nitrogens with zero attached hydrogens (tertiary/aromatic N) is 2. The van der Waals surface area contributed by atoms with Crippen LogP contribution < -0.4 is 15.5 Å². The van der Waals surface area contributed by atoms with Crippen LogP contribution in [-0.4, -0.2) is 69.2 Å². The molecule has 2 aromatic carbocycles. The number of ether oxygens (including phenoxy) is 2. The van der Waals surface area contributed by atoms with Gasteiger partial charge >= 0.3 is 5.97 Å². The van der Waals surface area contributed by atoms with Crippen molar-refractivity contribution in [3.05, 3.63) is 58.8 Å². The number of amides is 2. The first-order chi connectivity index (χ1) is 20.5. The predicted molar refractivity (Wildman–Crippen MR) is 160 cm³/mol. The number of benzene rings is 2. The molecule has 0 radical (unpaired) electrons. The molecule has 9 heteroatoms. The monoisotopic (exact) mass is 570 g/mol. The fraction of sp³-hybridized carbons (Fsp3) is 0.485. The number of rotatable bonds is 6. The number of hydrogen-bond acceptors (Lipinski definition) is 7. The smallest absolute Gasteiger partial charge is 0.337 e. The van der Waals surface area contributed by atoms with Crippen LogP contribution in [0, 0.1) is 17.8 Å². The van der Waals surface area contributed by atoms with Gasteiger partial charge in [-0.25, -0.2) is 4.79 Å². The third kappa shape index (κ3) is 4.98. The zero-order valence-corrected chi connectivity index (χ0v) is 24.1. The number of morpholine rings is 1. The molecule has 2 aromatic rings. The molecule has 0 aromatic heterocycles. The average Bonchev–Trinajstić information content (AvgIpc) is 3.77. The second-order valence-electron chi connectivity index (χ2n) is 12.3. The summed E-state index contributed by atoms with van der Waals surface area (Å²) in [5.41, 5.74) is 6.54. The van der Waals surface area contributed by atoms with Gasteiger partial charge in [-0.2, -0.15) is 0 Å². The van der Waals surface area contributed by atoms with Gasteiger partial charge in [-0.1, -0.05) is 25.3 Å². The minimum atomic E-state index is -0.429. The third-order valence-corrected chi connectivity index (χ3v) is 9.87. The zero-order chi connectivity index (χ0) is 28.8. The normalized spacial score (nSPS) is 26.0. The molecular formula is C33H38N4O5. The first kappa shape index (κ1) is 27.2. The van der Waals surface area contributed by atoms with Crippen LogP contribution in [-0.2, 0) is 25.5 Å². The Morgan fingerprint density at radius 3 is 2.60 bits per heavy atom. The summed E-state index contributed by atoms with van der Waals surface area (Å²) in [6.07, 6.45) is 6.79. The second kappa shape index (κ2) is 11.2. The molecule has 2 unspecified atom stereocenters. The number of methoxy groups -OCH3 is 1. The topological polar surface area (TPSA) is 100 Å². The molecule has 2 amide bonds. The molecule has 220 valence electrons. The van der Waals surface area contributed by atoms with Gasteiger partial charge in [0.2, 0.25) is 5.91 Å². The van der Waals surface area contributed by atoms with Gasteiger partial charge in [-0.3, -0.25) is 14.5 Å². The fourth-order valence-corrected chi connectivity index (χ4v) is 7.78. The van der Waals surface area contributed by atoms with Crippen molar-refractivity contribution in [2.45, 2.75) is 38.5 Å². The van der Waals surface area contributed by atoms with E-state index in [-0.39, 0.29) is 17.7 Å². The number of fused-ring (bicyclic) bond motifs is 3. The van der Waals surface area contributed by atoms with E-state index in [0.717, 1.165) is 60.6 Å². The number of hydrogen-bond donors (Lipinski definition) is 2. The van der Waals surface area contributed by atoms with Gasteiger partial charge in [0.15, 0.2) is 0 Å². The summed E-state index contributed by atoms with van der Waals surface area (Å²) in [5, 5.41) is 6.71. The average molecular weight is 571 g/mol. The molecule has 2 atom stereocenters. The highest BCUT2D eigenvalue weighted by Gasteiger charge is 2.41. The van der Waals surface area contributed by atoms with Crippen molar-refractivity contribution in [1.29, 1.82) is 0 Å². The Kier molecular flexibility index (Phi) is 7.23. The zero-order valence-electron chi connectivity index (χ0n) is 24.1. The molecule has 2 saturated carbocycles. The number of carbonyl (C=O) groups is 3. The number of allylic oxidation sites excluding steroid dienone is 1. The summed E-state index contributed by atoms with van der Waals surface area (Å²) >= 11 is 0. The van der Waals surface area contributed by atoms with E-state index in [0.29, 0.717) is 55.0 Å². The Balaban J connectivity index is 1.18. The molecule has 2 N–H and O–H groups in total. The van der Waals surface area contributed by atoms with E-state index in [1.54, 1.807) is 12.1 Å². The van der Waals surface area contributed by atoms with Gasteiger partial charge in [0, 0.05) is 48.2 Å². The van der Waals surface area contributed by atoms with Crippen LogP contribution in [0.5, 0.6) is 0 Å². The van der Waals surface area contributed by atoms with Gasteiger partial charge in [0.05, 0.1) is 43.7 Å². The van der Waals surface area contributed by atoms with Gasteiger partial charge in [0.25, 0.3) is 5.91 Å². The van der Waals surface area contributed by atoms with E-state index in [1.807, 2.05) is 23.1 Å². The van der Waals surface area contributed by atoms with E-state index in [2.05, 4.69) is 21.6 Å². The Morgan fingerprint density at radius 2 is 1.83 bits per heavy atom.